The molecule has 0 saturated heterocycles. The normalized spacial score (nSPS) is 17.7. The highest BCUT2D eigenvalue weighted by atomic mass is 79.9. The van der Waals surface area contributed by atoms with Crippen LogP contribution < -0.4 is 5.32 Å². The summed E-state index contributed by atoms with van der Waals surface area (Å²) in [4.78, 5) is 11.9. The zero-order valence-corrected chi connectivity index (χ0v) is 10.6. The fourth-order valence-corrected chi connectivity index (χ4v) is 2.41. The fraction of sp³-hybridized carbons (Fsp3) is 0.417. The van der Waals surface area contributed by atoms with Crippen molar-refractivity contribution in [2.75, 3.05) is 0 Å². The second kappa shape index (κ2) is 4.17. The first-order chi connectivity index (χ1) is 7.52. The second-order valence-electron chi connectivity index (χ2n) is 4.46. The van der Waals surface area contributed by atoms with Crippen molar-refractivity contribution in [3.05, 3.63) is 34.1 Å². The number of nitrogens with one attached hydrogen (secondary N) is 1. The van der Waals surface area contributed by atoms with E-state index in [1.54, 1.807) is 12.1 Å². The van der Waals surface area contributed by atoms with E-state index in [0.717, 1.165) is 19.3 Å². The van der Waals surface area contributed by atoms with E-state index in [-0.39, 0.29) is 17.0 Å². The Labute approximate surface area is 102 Å². The number of halogens is 2. The molecule has 2 nitrogen and oxygen atoms in total. The molecule has 0 aliphatic heterocycles. The highest BCUT2D eigenvalue weighted by Gasteiger charge is 2.34. The summed E-state index contributed by atoms with van der Waals surface area (Å²) in [5.74, 6) is -0.832. The zero-order chi connectivity index (χ0) is 11.8. The van der Waals surface area contributed by atoms with Crippen LogP contribution in [-0.2, 0) is 0 Å². The number of carbonyl (C=O) groups excluding carboxylic acids is 1. The Morgan fingerprint density at radius 1 is 1.50 bits per heavy atom. The summed E-state index contributed by atoms with van der Waals surface area (Å²) >= 11 is 3.19. The Bertz CT molecular complexity index is 409. The highest BCUT2D eigenvalue weighted by Crippen LogP contribution is 2.32. The summed E-state index contributed by atoms with van der Waals surface area (Å²) in [5, 5.41) is 2.88. The van der Waals surface area contributed by atoms with Gasteiger partial charge in [-0.15, -0.1) is 0 Å². The van der Waals surface area contributed by atoms with Gasteiger partial charge in [0.1, 0.15) is 5.82 Å². The Kier molecular flexibility index (Phi) is 3.02. The first kappa shape index (κ1) is 11.6. The van der Waals surface area contributed by atoms with Gasteiger partial charge in [0.15, 0.2) is 0 Å². The molecule has 1 aromatic rings. The smallest absolute Gasteiger partial charge is 0.255 e. The number of amides is 1. The third-order valence-electron chi connectivity index (χ3n) is 3.06. The lowest BCUT2D eigenvalue weighted by molar-refractivity contribution is 0.0845. The van der Waals surface area contributed by atoms with Crippen LogP contribution in [0.1, 0.15) is 36.5 Å². The van der Waals surface area contributed by atoms with E-state index in [1.807, 2.05) is 6.92 Å². The Balaban J connectivity index is 2.20. The van der Waals surface area contributed by atoms with Crippen molar-refractivity contribution in [2.45, 2.75) is 31.7 Å². The number of carbonyl (C=O) groups is 1. The van der Waals surface area contributed by atoms with E-state index in [1.165, 1.54) is 6.07 Å². The minimum atomic E-state index is -0.491. The molecule has 1 saturated carbocycles. The quantitative estimate of drug-likeness (QED) is 0.888. The average Bonchev–Trinajstić information content (AvgIpc) is 2.15. The molecule has 0 unspecified atom stereocenters. The second-order valence-corrected chi connectivity index (χ2v) is 5.32. The number of benzene rings is 1. The van der Waals surface area contributed by atoms with Crippen LogP contribution >= 0.6 is 15.9 Å². The van der Waals surface area contributed by atoms with Crippen LogP contribution in [0.15, 0.2) is 22.7 Å². The number of hydrogen-bond acceptors (Lipinski definition) is 1. The lowest BCUT2D eigenvalue weighted by Crippen LogP contribution is -2.51. The maximum atomic E-state index is 13.5. The van der Waals surface area contributed by atoms with Crippen LogP contribution in [-0.4, -0.2) is 11.4 Å². The van der Waals surface area contributed by atoms with E-state index >= 15 is 0 Å². The molecule has 1 aliphatic carbocycles. The Hall–Kier alpha value is -0.900. The molecule has 1 aliphatic rings. The van der Waals surface area contributed by atoms with Gasteiger partial charge in [0.05, 0.1) is 5.56 Å². The summed E-state index contributed by atoms with van der Waals surface area (Å²) in [5.41, 5.74) is -0.0608. The molecule has 1 amide bonds. The Morgan fingerprint density at radius 2 is 2.19 bits per heavy atom. The fourth-order valence-electron chi connectivity index (χ4n) is 1.88. The van der Waals surface area contributed by atoms with Crippen molar-refractivity contribution >= 4 is 21.8 Å². The third kappa shape index (κ3) is 2.12. The molecule has 0 heterocycles. The van der Waals surface area contributed by atoms with E-state index in [2.05, 4.69) is 21.2 Å². The molecule has 86 valence electrons. The molecule has 0 radical (unpaired) electrons. The van der Waals surface area contributed by atoms with Gasteiger partial charge in [0.25, 0.3) is 5.91 Å². The van der Waals surface area contributed by atoms with E-state index in [4.69, 9.17) is 0 Å². The van der Waals surface area contributed by atoms with Gasteiger partial charge in [-0.05, 0) is 54.2 Å². The van der Waals surface area contributed by atoms with Gasteiger partial charge >= 0.3 is 0 Å². The molecule has 0 spiro atoms. The predicted molar refractivity (Wildman–Crippen MR) is 63.8 cm³/mol. The average molecular weight is 286 g/mol. The minimum absolute atomic E-state index is 0.0932. The minimum Gasteiger partial charge on any atom is -0.347 e. The summed E-state index contributed by atoms with van der Waals surface area (Å²) in [6.07, 6.45) is 3.05. The number of hydrogen-bond donors (Lipinski definition) is 1. The van der Waals surface area contributed by atoms with Crippen LogP contribution in [0.5, 0.6) is 0 Å². The van der Waals surface area contributed by atoms with Crippen LogP contribution in [0.3, 0.4) is 0 Å². The molecule has 16 heavy (non-hydrogen) atoms. The van der Waals surface area contributed by atoms with Crippen molar-refractivity contribution in [3.63, 3.8) is 0 Å². The van der Waals surface area contributed by atoms with Crippen molar-refractivity contribution < 1.29 is 9.18 Å². The largest absolute Gasteiger partial charge is 0.347 e. The number of rotatable bonds is 2. The Morgan fingerprint density at radius 3 is 2.69 bits per heavy atom. The van der Waals surface area contributed by atoms with Gasteiger partial charge in [-0.1, -0.05) is 6.07 Å². The standard InChI is InChI=1S/C12H13BrFNO/c1-12(6-3-7-12)15-11(16)10-8(13)4-2-5-9(10)14/h2,4-5H,3,6-7H2,1H3,(H,15,16). The maximum absolute atomic E-state index is 13.5. The summed E-state index contributed by atoms with van der Waals surface area (Å²) in [6, 6.07) is 4.53. The first-order valence-corrected chi connectivity index (χ1v) is 6.08. The van der Waals surface area contributed by atoms with Gasteiger partial charge in [-0.3, -0.25) is 4.79 Å². The van der Waals surface area contributed by atoms with E-state index < -0.39 is 5.82 Å². The van der Waals surface area contributed by atoms with Crippen molar-refractivity contribution in [2.24, 2.45) is 0 Å². The van der Waals surface area contributed by atoms with Gasteiger partial charge in [-0.2, -0.15) is 0 Å². The van der Waals surface area contributed by atoms with Gasteiger partial charge < -0.3 is 5.32 Å². The summed E-state index contributed by atoms with van der Waals surface area (Å²) < 4.78 is 14.0. The van der Waals surface area contributed by atoms with Gasteiger partial charge in [-0.25, -0.2) is 4.39 Å². The monoisotopic (exact) mass is 285 g/mol. The molecule has 2 rings (SSSR count). The summed E-state index contributed by atoms with van der Waals surface area (Å²) in [6.45, 7) is 1.99. The molecule has 0 aromatic heterocycles. The van der Waals surface area contributed by atoms with E-state index in [0.29, 0.717) is 4.47 Å². The molecule has 1 aromatic carbocycles. The third-order valence-corrected chi connectivity index (χ3v) is 3.72. The molecule has 4 heteroatoms. The van der Waals surface area contributed by atoms with Crippen LogP contribution in [0, 0.1) is 5.82 Å². The van der Waals surface area contributed by atoms with Crippen molar-refractivity contribution in [1.82, 2.24) is 5.32 Å². The van der Waals surface area contributed by atoms with Gasteiger partial charge in [0, 0.05) is 10.0 Å². The first-order valence-electron chi connectivity index (χ1n) is 5.28. The maximum Gasteiger partial charge on any atom is 0.255 e. The molecule has 1 fully saturated rings. The van der Waals surface area contributed by atoms with Crippen LogP contribution in [0.2, 0.25) is 0 Å². The van der Waals surface area contributed by atoms with Crippen molar-refractivity contribution in [3.8, 4) is 0 Å². The zero-order valence-electron chi connectivity index (χ0n) is 9.02. The molecular weight excluding hydrogens is 273 g/mol. The topological polar surface area (TPSA) is 29.1 Å². The molecule has 1 N–H and O–H groups in total. The predicted octanol–water partition coefficient (Wildman–Crippen LogP) is 3.26. The highest BCUT2D eigenvalue weighted by molar-refractivity contribution is 9.10. The van der Waals surface area contributed by atoms with E-state index in [9.17, 15) is 9.18 Å². The lowest BCUT2D eigenvalue weighted by Gasteiger charge is -2.39. The molecule has 0 bridgehead atoms. The molecule has 0 atom stereocenters. The SMILES string of the molecule is CC1(NC(=O)c2c(F)cccc2Br)CCC1. The summed E-state index contributed by atoms with van der Waals surface area (Å²) in [7, 11) is 0. The molecular formula is C12H13BrFNO. The van der Waals surface area contributed by atoms with Gasteiger partial charge in [0.2, 0.25) is 0 Å². The van der Waals surface area contributed by atoms with Crippen LogP contribution in [0.4, 0.5) is 4.39 Å². The van der Waals surface area contributed by atoms with Crippen LogP contribution in [0.25, 0.3) is 0 Å². The lowest BCUT2D eigenvalue weighted by atomic mass is 9.78. The van der Waals surface area contributed by atoms with Crippen molar-refractivity contribution in [1.29, 1.82) is 0 Å².